The molecule has 0 radical (unpaired) electrons. The van der Waals surface area contributed by atoms with Gasteiger partial charge in [-0.1, -0.05) is 49.4 Å². The summed E-state index contributed by atoms with van der Waals surface area (Å²) in [6.45, 7) is 5.81. The van der Waals surface area contributed by atoms with Gasteiger partial charge in [0.25, 0.3) is 0 Å². The summed E-state index contributed by atoms with van der Waals surface area (Å²) in [5.74, 6) is -0.184. The molecule has 0 fully saturated rings. The molecular weight excluding hydrogens is 355 g/mol. The molecule has 0 aromatic heterocycles. The van der Waals surface area contributed by atoms with Gasteiger partial charge in [-0.15, -0.1) is 0 Å². The van der Waals surface area contributed by atoms with Gasteiger partial charge in [-0.3, -0.25) is 9.79 Å². The summed E-state index contributed by atoms with van der Waals surface area (Å²) in [5, 5.41) is 6.40. The van der Waals surface area contributed by atoms with Gasteiger partial charge in [-0.25, -0.2) is 4.39 Å². The van der Waals surface area contributed by atoms with E-state index in [-0.39, 0.29) is 11.7 Å². The van der Waals surface area contributed by atoms with Crippen molar-refractivity contribution in [3.63, 3.8) is 0 Å². The predicted molar refractivity (Wildman–Crippen MR) is 112 cm³/mol. The normalized spacial score (nSPS) is 13.6. The highest BCUT2D eigenvalue weighted by molar-refractivity contribution is 5.81. The van der Waals surface area contributed by atoms with Crippen LogP contribution in [0.3, 0.4) is 0 Å². The van der Waals surface area contributed by atoms with Gasteiger partial charge in [-0.2, -0.15) is 0 Å². The predicted octanol–water partition coefficient (Wildman–Crippen LogP) is 2.83. The molecule has 2 rings (SSSR count). The quantitative estimate of drug-likeness (QED) is 0.459. The van der Waals surface area contributed by atoms with Crippen LogP contribution < -0.4 is 16.4 Å². The maximum atomic E-state index is 13.1. The van der Waals surface area contributed by atoms with Crippen LogP contribution in [0.15, 0.2) is 59.6 Å². The summed E-state index contributed by atoms with van der Waals surface area (Å²) >= 11 is 0. The maximum Gasteiger partial charge on any atom is 0.222 e. The fourth-order valence-corrected chi connectivity index (χ4v) is 2.86. The average molecular weight is 384 g/mol. The zero-order chi connectivity index (χ0) is 20.4. The van der Waals surface area contributed by atoms with E-state index in [1.165, 1.54) is 17.7 Å². The molecule has 0 heterocycles. The number of carbonyl (C=O) groups excluding carboxylic acids is 1. The SMILES string of the molecule is CCNC(=NCC(C)c1ccccc1)NCC(Cc1ccc(F)cc1)C(N)=O. The Morgan fingerprint density at radius 3 is 2.39 bits per heavy atom. The smallest absolute Gasteiger partial charge is 0.222 e. The summed E-state index contributed by atoms with van der Waals surface area (Å²) in [7, 11) is 0. The van der Waals surface area contributed by atoms with Crippen molar-refractivity contribution in [2.24, 2.45) is 16.6 Å². The molecule has 1 amide bonds. The lowest BCUT2D eigenvalue weighted by molar-refractivity contribution is -0.121. The number of amides is 1. The number of hydrogen-bond donors (Lipinski definition) is 3. The number of guanidine groups is 1. The molecular formula is C22H29FN4O. The van der Waals surface area contributed by atoms with Crippen LogP contribution >= 0.6 is 0 Å². The molecule has 5 nitrogen and oxygen atoms in total. The lowest BCUT2D eigenvalue weighted by atomic mass is 9.98. The van der Waals surface area contributed by atoms with Crippen molar-refractivity contribution in [2.45, 2.75) is 26.2 Å². The Morgan fingerprint density at radius 2 is 1.79 bits per heavy atom. The van der Waals surface area contributed by atoms with E-state index < -0.39 is 11.8 Å². The number of rotatable bonds is 9. The van der Waals surface area contributed by atoms with Crippen molar-refractivity contribution in [3.05, 3.63) is 71.5 Å². The van der Waals surface area contributed by atoms with E-state index >= 15 is 0 Å². The van der Waals surface area contributed by atoms with Gasteiger partial charge in [0, 0.05) is 25.6 Å². The number of nitrogens with one attached hydrogen (secondary N) is 2. The summed E-state index contributed by atoms with van der Waals surface area (Å²) < 4.78 is 13.1. The highest BCUT2D eigenvalue weighted by atomic mass is 19.1. The molecule has 2 unspecified atom stereocenters. The van der Waals surface area contributed by atoms with Gasteiger partial charge in [0.15, 0.2) is 5.96 Å². The van der Waals surface area contributed by atoms with Crippen molar-refractivity contribution in [2.75, 3.05) is 19.6 Å². The van der Waals surface area contributed by atoms with Gasteiger partial charge >= 0.3 is 0 Å². The molecule has 4 N–H and O–H groups in total. The largest absolute Gasteiger partial charge is 0.369 e. The van der Waals surface area contributed by atoms with Crippen LogP contribution in [0.25, 0.3) is 0 Å². The number of carbonyl (C=O) groups is 1. The first-order valence-corrected chi connectivity index (χ1v) is 9.60. The first kappa shape index (κ1) is 21.4. The lowest BCUT2D eigenvalue weighted by Gasteiger charge is -2.18. The Balaban J connectivity index is 1.96. The van der Waals surface area contributed by atoms with Gasteiger partial charge in [0.05, 0.1) is 5.92 Å². The molecule has 0 saturated carbocycles. The number of primary amides is 1. The van der Waals surface area contributed by atoms with E-state index in [1.54, 1.807) is 12.1 Å². The van der Waals surface area contributed by atoms with Crippen molar-refractivity contribution in [1.82, 2.24) is 10.6 Å². The van der Waals surface area contributed by atoms with Crippen molar-refractivity contribution < 1.29 is 9.18 Å². The second-order valence-electron chi connectivity index (χ2n) is 6.84. The number of halogens is 1. The van der Waals surface area contributed by atoms with Crippen LogP contribution in [0.4, 0.5) is 4.39 Å². The molecule has 150 valence electrons. The van der Waals surface area contributed by atoms with Crippen LogP contribution in [-0.4, -0.2) is 31.5 Å². The number of benzene rings is 2. The second-order valence-corrected chi connectivity index (χ2v) is 6.84. The highest BCUT2D eigenvalue weighted by Gasteiger charge is 2.17. The van der Waals surface area contributed by atoms with E-state index in [1.807, 2.05) is 25.1 Å². The Bertz CT molecular complexity index is 762. The molecule has 2 atom stereocenters. The van der Waals surface area contributed by atoms with Crippen molar-refractivity contribution >= 4 is 11.9 Å². The molecule has 0 spiro atoms. The van der Waals surface area contributed by atoms with Gasteiger partial charge in [0.1, 0.15) is 5.82 Å². The lowest BCUT2D eigenvalue weighted by Crippen LogP contribution is -2.43. The number of nitrogens with zero attached hydrogens (tertiary/aromatic N) is 1. The summed E-state index contributed by atoms with van der Waals surface area (Å²) in [5.41, 5.74) is 7.66. The Kier molecular flexibility index (Phi) is 8.46. The molecule has 2 aromatic rings. The van der Waals surface area contributed by atoms with Crippen LogP contribution in [-0.2, 0) is 11.2 Å². The maximum absolute atomic E-state index is 13.1. The third-order valence-corrected chi connectivity index (χ3v) is 4.55. The minimum atomic E-state index is -0.416. The van der Waals surface area contributed by atoms with Crippen LogP contribution in [0.1, 0.15) is 30.9 Å². The molecule has 0 aliphatic rings. The van der Waals surface area contributed by atoms with E-state index in [4.69, 9.17) is 5.73 Å². The molecule has 0 saturated heterocycles. The fraction of sp³-hybridized carbons (Fsp3) is 0.364. The van der Waals surface area contributed by atoms with Crippen molar-refractivity contribution in [3.8, 4) is 0 Å². The Morgan fingerprint density at radius 1 is 1.11 bits per heavy atom. The monoisotopic (exact) mass is 384 g/mol. The molecule has 28 heavy (non-hydrogen) atoms. The average Bonchev–Trinajstić information content (AvgIpc) is 2.70. The first-order valence-electron chi connectivity index (χ1n) is 9.60. The zero-order valence-electron chi connectivity index (χ0n) is 16.5. The minimum absolute atomic E-state index is 0.280. The summed E-state index contributed by atoms with van der Waals surface area (Å²) in [4.78, 5) is 16.5. The van der Waals surface area contributed by atoms with Crippen LogP contribution in [0.5, 0.6) is 0 Å². The molecule has 0 bridgehead atoms. The van der Waals surface area contributed by atoms with Gasteiger partial charge in [0.2, 0.25) is 5.91 Å². The number of nitrogens with two attached hydrogens (primary N) is 1. The summed E-state index contributed by atoms with van der Waals surface area (Å²) in [6, 6.07) is 16.3. The molecule has 6 heteroatoms. The standard InChI is InChI=1S/C22H29FN4O/c1-3-25-22(26-14-16(2)18-7-5-4-6-8-18)27-15-19(21(24)28)13-17-9-11-20(23)12-10-17/h4-12,16,19H,3,13-15H2,1-2H3,(H2,24,28)(H2,25,26,27). The number of aliphatic imine (C=N–C) groups is 1. The highest BCUT2D eigenvalue weighted by Crippen LogP contribution is 2.14. The minimum Gasteiger partial charge on any atom is -0.369 e. The van der Waals surface area contributed by atoms with E-state index in [9.17, 15) is 9.18 Å². The third-order valence-electron chi connectivity index (χ3n) is 4.55. The molecule has 0 aliphatic carbocycles. The van der Waals surface area contributed by atoms with Crippen LogP contribution in [0.2, 0.25) is 0 Å². The zero-order valence-corrected chi connectivity index (χ0v) is 16.5. The Labute approximate surface area is 166 Å². The Hall–Kier alpha value is -2.89. The topological polar surface area (TPSA) is 79.5 Å². The van der Waals surface area contributed by atoms with E-state index in [2.05, 4.69) is 34.7 Å². The molecule has 0 aliphatic heterocycles. The van der Waals surface area contributed by atoms with Crippen LogP contribution in [0, 0.1) is 11.7 Å². The third kappa shape index (κ3) is 7.02. The van der Waals surface area contributed by atoms with Gasteiger partial charge < -0.3 is 16.4 Å². The second kappa shape index (κ2) is 11.1. The first-order chi connectivity index (χ1) is 13.5. The number of hydrogen-bond acceptors (Lipinski definition) is 2. The molecule has 2 aromatic carbocycles. The van der Waals surface area contributed by atoms with E-state index in [0.29, 0.717) is 32.0 Å². The fourth-order valence-electron chi connectivity index (χ4n) is 2.86. The van der Waals surface area contributed by atoms with Crippen molar-refractivity contribution in [1.29, 1.82) is 0 Å². The van der Waals surface area contributed by atoms with Gasteiger partial charge in [-0.05, 0) is 36.6 Å². The van der Waals surface area contributed by atoms with E-state index in [0.717, 1.165) is 5.56 Å². The summed E-state index contributed by atoms with van der Waals surface area (Å²) in [6.07, 6.45) is 0.447.